The van der Waals surface area contributed by atoms with E-state index in [0.717, 1.165) is 18.6 Å². The van der Waals surface area contributed by atoms with Crippen LogP contribution in [0.4, 0.5) is 0 Å². The minimum absolute atomic E-state index is 0.0388. The summed E-state index contributed by atoms with van der Waals surface area (Å²) in [6.07, 6.45) is 1.62. The summed E-state index contributed by atoms with van der Waals surface area (Å²) in [6, 6.07) is 12.5. The Morgan fingerprint density at radius 3 is 2.46 bits per heavy atom. The highest BCUT2D eigenvalue weighted by Crippen LogP contribution is 2.21. The average Bonchev–Trinajstić information content (AvgIpc) is 3.08. The fourth-order valence-corrected chi connectivity index (χ4v) is 3.39. The minimum Gasteiger partial charge on any atom is -0.490 e. The smallest absolute Gasteiger partial charge is 0.323 e. The molecular formula is C20H20ClN3O4. The van der Waals surface area contributed by atoms with Crippen LogP contribution in [0, 0.1) is 0 Å². The van der Waals surface area contributed by atoms with Gasteiger partial charge in [-0.05, 0) is 36.4 Å². The molecule has 0 bridgehead atoms. The molecule has 0 unspecified atom stereocenters. The molecule has 1 aliphatic heterocycles. The van der Waals surface area contributed by atoms with E-state index >= 15 is 0 Å². The van der Waals surface area contributed by atoms with Gasteiger partial charge in [0.15, 0.2) is 6.61 Å². The van der Waals surface area contributed by atoms with E-state index in [1.54, 1.807) is 35.2 Å². The first kappa shape index (κ1) is 18.4. The second kappa shape index (κ2) is 7.98. The monoisotopic (exact) mass is 401 g/mol. The number of nitrogens with zero attached hydrogens (tertiary/aromatic N) is 1. The Balaban J connectivity index is 1.26. The number of halogens is 1. The van der Waals surface area contributed by atoms with Gasteiger partial charge in [-0.15, -0.1) is 0 Å². The predicted octanol–water partition coefficient (Wildman–Crippen LogP) is 2.96. The third-order valence-corrected chi connectivity index (χ3v) is 5.01. The summed E-state index contributed by atoms with van der Waals surface area (Å²) in [5.74, 6) is 1.26. The summed E-state index contributed by atoms with van der Waals surface area (Å²) in [4.78, 5) is 30.9. The summed E-state index contributed by atoms with van der Waals surface area (Å²) in [5, 5.41) is 0.676. The van der Waals surface area contributed by atoms with Crippen molar-refractivity contribution in [3.05, 3.63) is 58.0 Å². The zero-order chi connectivity index (χ0) is 19.5. The van der Waals surface area contributed by atoms with Crippen molar-refractivity contribution >= 4 is 28.5 Å². The Hall–Kier alpha value is -2.93. The van der Waals surface area contributed by atoms with Crippen LogP contribution >= 0.6 is 11.6 Å². The number of benzene rings is 2. The Labute approximate surface area is 166 Å². The summed E-state index contributed by atoms with van der Waals surface area (Å²) in [5.41, 5.74) is 1.08. The molecule has 146 valence electrons. The number of amides is 1. The lowest BCUT2D eigenvalue weighted by Crippen LogP contribution is -2.43. The third kappa shape index (κ3) is 4.31. The molecule has 1 aliphatic rings. The van der Waals surface area contributed by atoms with Crippen LogP contribution in [0.15, 0.2) is 47.3 Å². The maximum absolute atomic E-state index is 12.4. The van der Waals surface area contributed by atoms with Gasteiger partial charge in [0, 0.05) is 37.0 Å². The second-order valence-corrected chi connectivity index (χ2v) is 7.16. The number of imidazole rings is 1. The number of likely N-dealkylation sites (tertiary alicyclic amines) is 1. The molecule has 1 amide bonds. The van der Waals surface area contributed by atoms with Crippen LogP contribution in [-0.2, 0) is 4.79 Å². The van der Waals surface area contributed by atoms with Gasteiger partial charge in [0.1, 0.15) is 17.6 Å². The van der Waals surface area contributed by atoms with Gasteiger partial charge in [0.25, 0.3) is 5.91 Å². The zero-order valence-electron chi connectivity index (χ0n) is 15.1. The second-order valence-electron chi connectivity index (χ2n) is 6.73. The van der Waals surface area contributed by atoms with Crippen molar-refractivity contribution < 1.29 is 14.3 Å². The maximum Gasteiger partial charge on any atom is 0.323 e. The van der Waals surface area contributed by atoms with E-state index in [4.69, 9.17) is 21.1 Å². The van der Waals surface area contributed by atoms with Crippen LogP contribution in [0.25, 0.3) is 11.0 Å². The lowest BCUT2D eigenvalue weighted by molar-refractivity contribution is -0.135. The van der Waals surface area contributed by atoms with Crippen molar-refractivity contribution in [1.29, 1.82) is 0 Å². The number of aromatic amines is 2. The summed E-state index contributed by atoms with van der Waals surface area (Å²) in [7, 11) is 0. The SMILES string of the molecule is O=C(COc1ccc2[nH]c(=O)[nH]c2c1)N1CCC(Oc2ccc(Cl)cc2)CC1. The summed E-state index contributed by atoms with van der Waals surface area (Å²) >= 11 is 5.88. The van der Waals surface area contributed by atoms with E-state index < -0.39 is 0 Å². The molecule has 0 aliphatic carbocycles. The van der Waals surface area contributed by atoms with Gasteiger partial charge in [0.05, 0.1) is 11.0 Å². The van der Waals surface area contributed by atoms with Gasteiger partial charge in [-0.25, -0.2) is 4.79 Å². The molecule has 0 spiro atoms. The molecular weight excluding hydrogens is 382 g/mol. The van der Waals surface area contributed by atoms with Crippen LogP contribution in [0.3, 0.4) is 0 Å². The largest absolute Gasteiger partial charge is 0.490 e. The minimum atomic E-state index is -0.271. The molecule has 1 aromatic heterocycles. The van der Waals surface area contributed by atoms with Crippen molar-refractivity contribution in [1.82, 2.24) is 14.9 Å². The van der Waals surface area contributed by atoms with Gasteiger partial charge in [0.2, 0.25) is 0 Å². The number of fused-ring (bicyclic) bond motifs is 1. The van der Waals surface area contributed by atoms with Crippen molar-refractivity contribution in [2.75, 3.05) is 19.7 Å². The standard InChI is InChI=1S/C20H20ClN3O4/c21-13-1-3-14(4-2-13)28-15-7-9-24(10-8-15)19(25)12-27-16-5-6-17-18(11-16)23-20(26)22-17/h1-6,11,15H,7-10,12H2,(H2,22,23,26). The number of piperidine rings is 1. The van der Waals surface area contributed by atoms with Crippen molar-refractivity contribution in [2.24, 2.45) is 0 Å². The molecule has 2 heterocycles. The Bertz CT molecular complexity index is 1020. The third-order valence-electron chi connectivity index (χ3n) is 4.76. The topological polar surface area (TPSA) is 87.4 Å². The van der Waals surface area contributed by atoms with E-state index in [2.05, 4.69) is 9.97 Å². The Kier molecular flexibility index (Phi) is 5.25. The van der Waals surface area contributed by atoms with Crippen molar-refractivity contribution in [2.45, 2.75) is 18.9 Å². The Morgan fingerprint density at radius 1 is 1.04 bits per heavy atom. The molecule has 28 heavy (non-hydrogen) atoms. The summed E-state index contributed by atoms with van der Waals surface area (Å²) in [6.45, 7) is 1.22. The van der Waals surface area contributed by atoms with E-state index in [-0.39, 0.29) is 24.3 Å². The highest BCUT2D eigenvalue weighted by atomic mass is 35.5. The van der Waals surface area contributed by atoms with Crippen molar-refractivity contribution in [3.8, 4) is 11.5 Å². The average molecular weight is 402 g/mol. The lowest BCUT2D eigenvalue weighted by Gasteiger charge is -2.32. The lowest BCUT2D eigenvalue weighted by atomic mass is 10.1. The highest BCUT2D eigenvalue weighted by molar-refractivity contribution is 6.30. The normalized spacial score (nSPS) is 15.0. The van der Waals surface area contributed by atoms with Crippen LogP contribution in [0.5, 0.6) is 11.5 Å². The van der Waals surface area contributed by atoms with E-state index in [1.807, 2.05) is 12.1 Å². The first-order valence-electron chi connectivity index (χ1n) is 9.12. The number of hydrogen-bond acceptors (Lipinski definition) is 4. The fraction of sp³-hybridized carbons (Fsp3) is 0.300. The van der Waals surface area contributed by atoms with Gasteiger partial charge in [-0.1, -0.05) is 11.6 Å². The first-order chi connectivity index (χ1) is 13.6. The molecule has 7 nitrogen and oxygen atoms in total. The number of hydrogen-bond donors (Lipinski definition) is 2. The number of carbonyl (C=O) groups is 1. The number of aromatic nitrogens is 2. The maximum atomic E-state index is 12.4. The van der Waals surface area contributed by atoms with Crippen LogP contribution in [0.1, 0.15) is 12.8 Å². The fourth-order valence-electron chi connectivity index (χ4n) is 3.27. The van der Waals surface area contributed by atoms with Crippen molar-refractivity contribution in [3.63, 3.8) is 0 Å². The Morgan fingerprint density at radius 2 is 1.71 bits per heavy atom. The number of carbonyl (C=O) groups excluding carboxylic acids is 1. The quantitative estimate of drug-likeness (QED) is 0.688. The molecule has 0 atom stereocenters. The summed E-state index contributed by atoms with van der Waals surface area (Å²) < 4.78 is 11.6. The van der Waals surface area contributed by atoms with Crippen LogP contribution in [-0.4, -0.2) is 46.6 Å². The molecule has 1 saturated heterocycles. The van der Waals surface area contributed by atoms with Crippen LogP contribution in [0.2, 0.25) is 5.02 Å². The van der Waals surface area contributed by atoms with Gasteiger partial charge in [-0.3, -0.25) is 4.79 Å². The molecule has 4 rings (SSSR count). The van der Waals surface area contributed by atoms with Gasteiger partial charge in [-0.2, -0.15) is 0 Å². The molecule has 2 aromatic carbocycles. The zero-order valence-corrected chi connectivity index (χ0v) is 15.9. The molecule has 8 heteroatoms. The number of ether oxygens (including phenoxy) is 2. The first-order valence-corrected chi connectivity index (χ1v) is 9.49. The van der Waals surface area contributed by atoms with E-state index in [0.29, 0.717) is 34.9 Å². The number of rotatable bonds is 5. The van der Waals surface area contributed by atoms with E-state index in [9.17, 15) is 9.59 Å². The van der Waals surface area contributed by atoms with Gasteiger partial charge < -0.3 is 24.3 Å². The van der Waals surface area contributed by atoms with Crippen LogP contribution < -0.4 is 15.2 Å². The highest BCUT2D eigenvalue weighted by Gasteiger charge is 2.24. The molecule has 0 radical (unpaired) electrons. The molecule has 0 saturated carbocycles. The van der Waals surface area contributed by atoms with E-state index in [1.165, 1.54) is 0 Å². The molecule has 2 N–H and O–H groups in total. The molecule has 1 fully saturated rings. The van der Waals surface area contributed by atoms with Gasteiger partial charge >= 0.3 is 5.69 Å². The number of H-pyrrole nitrogens is 2. The predicted molar refractivity (Wildman–Crippen MR) is 106 cm³/mol. The number of nitrogens with one attached hydrogen (secondary N) is 2. The molecule has 3 aromatic rings.